The van der Waals surface area contributed by atoms with Crippen LogP contribution in [0, 0.1) is 0 Å². The summed E-state index contributed by atoms with van der Waals surface area (Å²) in [6.07, 6.45) is 0.867. The van der Waals surface area contributed by atoms with E-state index in [1.807, 2.05) is 36.4 Å². The Morgan fingerprint density at radius 1 is 0.842 bits per heavy atom. The van der Waals surface area contributed by atoms with E-state index in [-0.39, 0.29) is 34.6 Å². The van der Waals surface area contributed by atoms with Crippen molar-refractivity contribution in [1.82, 2.24) is 0 Å². The number of rotatable bonds is 6. The maximum absolute atomic E-state index is 13.9. The van der Waals surface area contributed by atoms with Gasteiger partial charge in [0.25, 0.3) is 0 Å². The number of hydrogen-bond acceptors (Lipinski definition) is 8. The minimum atomic E-state index is -0.512. The Labute approximate surface area is 226 Å². The van der Waals surface area contributed by atoms with Crippen LogP contribution in [-0.2, 0) is 4.79 Å². The lowest BCUT2D eigenvalue weighted by Gasteiger charge is -2.30. The van der Waals surface area contributed by atoms with Crippen molar-refractivity contribution in [3.63, 3.8) is 0 Å². The normalized spacial score (nSPS) is 18.4. The molecular formula is C29H29ClN2O6. The largest absolute Gasteiger partial charge is 0.503 e. The summed E-state index contributed by atoms with van der Waals surface area (Å²) in [5, 5.41) is 17.5. The molecule has 0 saturated carbocycles. The van der Waals surface area contributed by atoms with Gasteiger partial charge < -0.3 is 34.7 Å². The third-order valence-electron chi connectivity index (χ3n) is 7.07. The molecule has 1 aliphatic heterocycles. The van der Waals surface area contributed by atoms with Gasteiger partial charge in [-0.15, -0.1) is 0 Å². The van der Waals surface area contributed by atoms with Gasteiger partial charge in [0, 0.05) is 17.7 Å². The van der Waals surface area contributed by atoms with Gasteiger partial charge >= 0.3 is 0 Å². The number of phenolic OH excluding ortho intramolecular Hbond substituents is 1. The molecular weight excluding hydrogens is 508 g/mol. The molecule has 0 radical (unpaired) electrons. The van der Waals surface area contributed by atoms with Crippen molar-refractivity contribution in [2.24, 2.45) is 0 Å². The Balaban J connectivity index is 1.62. The zero-order valence-corrected chi connectivity index (χ0v) is 22.3. The van der Waals surface area contributed by atoms with Crippen LogP contribution in [0.3, 0.4) is 0 Å². The highest BCUT2D eigenvalue weighted by Gasteiger charge is 2.37. The second-order valence-electron chi connectivity index (χ2n) is 9.18. The molecule has 5 rings (SSSR count). The molecule has 2 aliphatic rings. The zero-order chi connectivity index (χ0) is 27.0. The van der Waals surface area contributed by atoms with Crippen molar-refractivity contribution in [3.8, 4) is 28.7 Å². The topological polar surface area (TPSA) is 98.3 Å². The first-order valence-electron chi connectivity index (χ1n) is 12.1. The van der Waals surface area contributed by atoms with Gasteiger partial charge in [-0.05, 0) is 59.9 Å². The molecule has 0 amide bonds. The fraction of sp³-hybridized carbons (Fsp3) is 0.276. The number of methoxy groups -OCH3 is 4. The van der Waals surface area contributed by atoms with Crippen LogP contribution >= 0.6 is 11.6 Å². The van der Waals surface area contributed by atoms with Crippen LogP contribution in [0.1, 0.15) is 35.9 Å². The van der Waals surface area contributed by atoms with E-state index >= 15 is 0 Å². The first kappa shape index (κ1) is 25.6. The van der Waals surface area contributed by atoms with Crippen LogP contribution in [0.15, 0.2) is 59.8 Å². The van der Waals surface area contributed by atoms with E-state index in [1.54, 1.807) is 33.5 Å². The molecule has 3 aromatic rings. The molecule has 3 N–H and O–H groups in total. The van der Waals surface area contributed by atoms with Gasteiger partial charge in [0.15, 0.2) is 28.8 Å². The molecule has 9 heteroatoms. The Hall–Kier alpha value is -4.04. The van der Waals surface area contributed by atoms with Crippen LogP contribution in [0.2, 0.25) is 5.02 Å². The molecule has 198 valence electrons. The molecule has 8 nitrogen and oxygen atoms in total. The minimum Gasteiger partial charge on any atom is -0.503 e. The second-order valence-corrected chi connectivity index (χ2v) is 9.59. The Kier molecular flexibility index (Phi) is 6.99. The van der Waals surface area contributed by atoms with Crippen molar-refractivity contribution in [3.05, 3.63) is 76.0 Å². The van der Waals surface area contributed by atoms with Crippen molar-refractivity contribution < 1.29 is 28.8 Å². The maximum atomic E-state index is 13.9. The average molecular weight is 537 g/mol. The van der Waals surface area contributed by atoms with Crippen molar-refractivity contribution in [1.29, 1.82) is 0 Å². The van der Waals surface area contributed by atoms with Crippen molar-refractivity contribution in [2.45, 2.75) is 24.8 Å². The van der Waals surface area contributed by atoms with Crippen LogP contribution in [0.5, 0.6) is 28.7 Å². The number of halogens is 1. The summed E-state index contributed by atoms with van der Waals surface area (Å²) in [7, 11) is 6.17. The SMILES string of the molecule is COc1cc([C@H]2Nc3ccccc3NC3=C2C(=O)C[C@@H](c2cc(OC)c(OC)c(OC)c2)C3)cc(Cl)c1O. The van der Waals surface area contributed by atoms with Gasteiger partial charge in [0.05, 0.1) is 50.9 Å². The van der Waals surface area contributed by atoms with E-state index < -0.39 is 6.04 Å². The fourth-order valence-corrected chi connectivity index (χ4v) is 5.45. The predicted octanol–water partition coefficient (Wildman–Crippen LogP) is 6.06. The van der Waals surface area contributed by atoms with Crippen LogP contribution in [-0.4, -0.2) is 39.3 Å². The quantitative estimate of drug-likeness (QED) is 0.350. The number of phenols is 1. The lowest BCUT2D eigenvalue weighted by Crippen LogP contribution is -2.27. The second kappa shape index (κ2) is 10.4. The first-order chi connectivity index (χ1) is 18.4. The number of aromatic hydroxyl groups is 1. The van der Waals surface area contributed by atoms with Crippen molar-refractivity contribution >= 4 is 28.8 Å². The number of nitrogens with one attached hydrogen (secondary N) is 2. The molecule has 0 saturated heterocycles. The number of anilines is 2. The molecule has 0 aromatic heterocycles. The number of carbonyl (C=O) groups excluding carboxylic acids is 1. The summed E-state index contributed by atoms with van der Waals surface area (Å²) in [6, 6.07) is 14.4. The van der Waals surface area contributed by atoms with E-state index in [0.29, 0.717) is 34.8 Å². The number of para-hydroxylation sites is 2. The standard InChI is InChI=1S/C29H29ClN2O6/c1-35-23-14-17(9-18(30)28(23)34)27-26-21(31-19-7-5-6-8-20(19)32-27)10-15(11-22(26)33)16-12-24(36-2)29(38-4)25(13-16)37-3/h5-9,12-15,27,31-32,34H,10-11H2,1-4H3/t15-,27+/m0/s1. The van der Waals surface area contributed by atoms with E-state index in [9.17, 15) is 9.90 Å². The van der Waals surface area contributed by atoms with E-state index in [1.165, 1.54) is 7.11 Å². The summed E-state index contributed by atoms with van der Waals surface area (Å²) >= 11 is 6.35. The van der Waals surface area contributed by atoms with E-state index in [0.717, 1.165) is 22.6 Å². The monoisotopic (exact) mass is 536 g/mol. The highest BCUT2D eigenvalue weighted by molar-refractivity contribution is 6.32. The Morgan fingerprint density at radius 3 is 2.11 bits per heavy atom. The molecule has 0 unspecified atom stereocenters. The van der Waals surface area contributed by atoms with E-state index in [2.05, 4.69) is 10.6 Å². The molecule has 0 fully saturated rings. The number of benzene rings is 3. The van der Waals surface area contributed by atoms with E-state index in [4.69, 9.17) is 30.5 Å². The summed E-state index contributed by atoms with van der Waals surface area (Å²) in [4.78, 5) is 13.9. The lowest BCUT2D eigenvalue weighted by molar-refractivity contribution is -0.116. The molecule has 3 aromatic carbocycles. The minimum absolute atomic E-state index is 0.00836. The number of allylic oxidation sites excluding steroid dienone is 1. The number of hydrogen-bond donors (Lipinski definition) is 3. The number of fused-ring (bicyclic) bond motifs is 1. The predicted molar refractivity (Wildman–Crippen MR) is 146 cm³/mol. The highest BCUT2D eigenvalue weighted by atomic mass is 35.5. The summed E-state index contributed by atoms with van der Waals surface area (Å²) in [5.41, 5.74) is 4.75. The number of ketones is 1. The number of ether oxygens (including phenoxy) is 4. The lowest BCUT2D eigenvalue weighted by atomic mass is 9.78. The third kappa shape index (κ3) is 4.45. The zero-order valence-electron chi connectivity index (χ0n) is 21.6. The number of Topliss-reactive ketones (excluding diaryl/α,β-unsaturated/α-hetero) is 1. The fourth-order valence-electron chi connectivity index (χ4n) is 5.23. The van der Waals surface area contributed by atoms with Gasteiger partial charge in [-0.3, -0.25) is 4.79 Å². The van der Waals surface area contributed by atoms with Gasteiger partial charge in [-0.25, -0.2) is 0 Å². The average Bonchev–Trinajstić information content (AvgIpc) is 3.10. The maximum Gasteiger partial charge on any atom is 0.203 e. The summed E-state index contributed by atoms with van der Waals surface area (Å²) in [6.45, 7) is 0. The number of carbonyl (C=O) groups is 1. The molecule has 38 heavy (non-hydrogen) atoms. The smallest absolute Gasteiger partial charge is 0.203 e. The van der Waals surface area contributed by atoms with Gasteiger partial charge in [-0.1, -0.05) is 23.7 Å². The first-order valence-corrected chi connectivity index (χ1v) is 12.5. The van der Waals surface area contributed by atoms with Crippen LogP contribution in [0.25, 0.3) is 0 Å². The molecule has 1 heterocycles. The molecule has 2 atom stereocenters. The van der Waals surface area contributed by atoms with Crippen molar-refractivity contribution in [2.75, 3.05) is 39.1 Å². The molecule has 1 aliphatic carbocycles. The van der Waals surface area contributed by atoms with Gasteiger partial charge in [-0.2, -0.15) is 0 Å². The van der Waals surface area contributed by atoms with Crippen LogP contribution in [0.4, 0.5) is 11.4 Å². The third-order valence-corrected chi connectivity index (χ3v) is 7.36. The van der Waals surface area contributed by atoms with Gasteiger partial charge in [0.1, 0.15) is 0 Å². The summed E-state index contributed by atoms with van der Waals surface area (Å²) < 4.78 is 21.9. The Bertz CT molecular complexity index is 1410. The molecule has 0 spiro atoms. The van der Waals surface area contributed by atoms with Crippen LogP contribution < -0.4 is 29.6 Å². The summed E-state index contributed by atoms with van der Waals surface area (Å²) in [5.74, 6) is 1.55. The van der Waals surface area contributed by atoms with Gasteiger partial charge in [0.2, 0.25) is 5.75 Å². The Morgan fingerprint density at radius 2 is 1.47 bits per heavy atom. The molecule has 0 bridgehead atoms. The highest BCUT2D eigenvalue weighted by Crippen LogP contribution is 2.48.